The number of hydrogen-bond acceptors (Lipinski definition) is 3. The molecule has 354 valence electrons. The van der Waals surface area contributed by atoms with Crippen molar-refractivity contribution in [1.29, 1.82) is 0 Å². The fourth-order valence-corrected chi connectivity index (χ4v) is 12.1. The van der Waals surface area contributed by atoms with E-state index in [1.54, 1.807) is 0 Å². The zero-order valence-electron chi connectivity index (χ0n) is 41.0. The summed E-state index contributed by atoms with van der Waals surface area (Å²) in [6, 6.07) is 93.7. The van der Waals surface area contributed by atoms with Crippen LogP contribution in [0.3, 0.4) is 0 Å². The molecule has 11 aromatic carbocycles. The Hall–Kier alpha value is -10.3. The first kappa shape index (κ1) is 42.2. The molecular weight excluding hydrogens is 927 g/mol. The maximum atomic E-state index is 6.79. The van der Waals surface area contributed by atoms with Gasteiger partial charge in [-0.1, -0.05) is 176 Å². The van der Waals surface area contributed by atoms with Crippen molar-refractivity contribution in [2.45, 2.75) is 0 Å². The highest BCUT2D eigenvalue weighted by Crippen LogP contribution is 2.47. The molecule has 0 unspecified atom stereocenters. The molecule has 0 aliphatic rings. The second-order valence-electron chi connectivity index (χ2n) is 19.7. The Balaban J connectivity index is 1.03. The quantitative estimate of drug-likeness (QED) is 0.160. The number of fused-ring (bicyclic) bond motifs is 12. The van der Waals surface area contributed by atoms with E-state index in [-0.39, 0.29) is 0 Å². The van der Waals surface area contributed by atoms with Crippen LogP contribution in [0, 0.1) is 0 Å². The van der Waals surface area contributed by atoms with E-state index in [4.69, 9.17) is 14.4 Å². The maximum absolute atomic E-state index is 6.79. The molecule has 16 aromatic rings. The van der Waals surface area contributed by atoms with E-state index < -0.39 is 0 Å². The minimum atomic E-state index is 0.641. The molecular formula is C70H43N5O. The molecule has 0 bridgehead atoms. The van der Waals surface area contributed by atoms with Gasteiger partial charge in [0.1, 0.15) is 16.8 Å². The first-order valence-electron chi connectivity index (χ1n) is 25.8. The smallest absolute Gasteiger partial charge is 0.180 e. The molecule has 0 saturated heterocycles. The molecule has 6 heteroatoms. The van der Waals surface area contributed by atoms with E-state index in [2.05, 4.69) is 238 Å². The van der Waals surface area contributed by atoms with Crippen LogP contribution in [0.25, 0.3) is 149 Å². The molecule has 0 aliphatic heterocycles. The number of para-hydroxylation sites is 5. The first-order valence-corrected chi connectivity index (χ1v) is 25.8. The van der Waals surface area contributed by atoms with Gasteiger partial charge in [0.05, 0.1) is 38.8 Å². The molecule has 5 aromatic heterocycles. The van der Waals surface area contributed by atoms with Gasteiger partial charge in [-0.3, -0.25) is 0 Å². The van der Waals surface area contributed by atoms with Crippen LogP contribution in [-0.2, 0) is 0 Å². The van der Waals surface area contributed by atoms with Gasteiger partial charge in [-0.15, -0.1) is 0 Å². The summed E-state index contributed by atoms with van der Waals surface area (Å²) in [5.74, 6) is 0.641. The molecule has 5 heterocycles. The summed E-state index contributed by atoms with van der Waals surface area (Å²) in [7, 11) is 0. The van der Waals surface area contributed by atoms with Gasteiger partial charge in [-0.25, -0.2) is 9.97 Å². The van der Waals surface area contributed by atoms with Gasteiger partial charge >= 0.3 is 0 Å². The van der Waals surface area contributed by atoms with Crippen molar-refractivity contribution in [3.05, 3.63) is 261 Å². The Bertz CT molecular complexity index is 4650. The highest BCUT2D eigenvalue weighted by atomic mass is 16.3. The SMILES string of the molecule is c1ccc(-c2nc(-c3cc(-c4ccccc4)c(-n4c5ccc(-n6c7ccccc7c7ccccc76)cc5c5cc(-n6c7ccccc7c7ccccc76)ccc54)c(-c4ccccc4)c3)c3oc4ccccc4c3n2)cc1. The highest BCUT2D eigenvalue weighted by molar-refractivity contribution is 6.15. The van der Waals surface area contributed by atoms with Crippen LogP contribution in [0.5, 0.6) is 0 Å². The standard InChI is InChI=1S/C70H43N5O/c1-4-20-44(21-5-1)55-40-47(66-69-67(54-30-14-19-35-65(54)76-69)72-70(71-66)46-24-8-3-9-25-46)41-56(45-22-6-2-7-23-45)68(55)75-63-38-36-48(73-59-31-15-10-26-50(59)51-27-11-16-32-60(51)73)42-57(63)58-43-49(37-39-64(58)75)74-61-33-17-12-28-52(61)53-29-13-18-34-62(53)74/h1-43H. The average Bonchev–Trinajstić information content (AvgIpc) is 4.25. The third kappa shape index (κ3) is 6.34. The molecule has 0 spiro atoms. The van der Waals surface area contributed by atoms with Crippen molar-refractivity contribution < 1.29 is 4.42 Å². The second kappa shape index (κ2) is 16.6. The number of aromatic nitrogens is 5. The third-order valence-corrected chi connectivity index (χ3v) is 15.4. The maximum Gasteiger partial charge on any atom is 0.180 e. The van der Waals surface area contributed by atoms with Crippen LogP contribution >= 0.6 is 0 Å². The van der Waals surface area contributed by atoms with Gasteiger partial charge in [-0.2, -0.15) is 0 Å². The van der Waals surface area contributed by atoms with Gasteiger partial charge in [-0.05, 0) is 96.1 Å². The van der Waals surface area contributed by atoms with Gasteiger partial charge in [0.15, 0.2) is 11.4 Å². The molecule has 0 saturated carbocycles. The lowest BCUT2D eigenvalue weighted by Gasteiger charge is -2.21. The van der Waals surface area contributed by atoms with E-state index in [1.807, 2.05) is 36.4 Å². The Morgan fingerprint density at radius 1 is 0.289 bits per heavy atom. The summed E-state index contributed by atoms with van der Waals surface area (Å²) in [4.78, 5) is 10.6. The summed E-state index contributed by atoms with van der Waals surface area (Å²) in [5, 5.41) is 8.16. The topological polar surface area (TPSA) is 53.7 Å². The lowest BCUT2D eigenvalue weighted by Crippen LogP contribution is -2.03. The Morgan fingerprint density at radius 2 is 0.684 bits per heavy atom. The summed E-state index contributed by atoms with van der Waals surface area (Å²) in [6.07, 6.45) is 0. The third-order valence-electron chi connectivity index (χ3n) is 15.4. The zero-order valence-corrected chi connectivity index (χ0v) is 41.0. The molecule has 0 N–H and O–H groups in total. The predicted octanol–water partition coefficient (Wildman–Crippen LogP) is 18.3. The van der Waals surface area contributed by atoms with Crippen molar-refractivity contribution >= 4 is 87.5 Å². The van der Waals surface area contributed by atoms with Gasteiger partial charge < -0.3 is 18.1 Å². The molecule has 0 radical (unpaired) electrons. The summed E-state index contributed by atoms with van der Waals surface area (Å²) < 4.78 is 14.2. The van der Waals surface area contributed by atoms with E-state index >= 15 is 0 Å². The average molecular weight is 970 g/mol. The van der Waals surface area contributed by atoms with Crippen LogP contribution in [0.2, 0.25) is 0 Å². The van der Waals surface area contributed by atoms with E-state index in [9.17, 15) is 0 Å². The Labute approximate surface area is 436 Å². The van der Waals surface area contributed by atoms with E-state index in [0.717, 1.165) is 94.4 Å². The minimum absolute atomic E-state index is 0.641. The first-order chi connectivity index (χ1) is 37.7. The van der Waals surface area contributed by atoms with Crippen molar-refractivity contribution in [3.8, 4) is 62.0 Å². The molecule has 0 amide bonds. The van der Waals surface area contributed by atoms with Crippen LogP contribution < -0.4 is 0 Å². The van der Waals surface area contributed by atoms with Crippen molar-refractivity contribution in [1.82, 2.24) is 23.7 Å². The van der Waals surface area contributed by atoms with Crippen molar-refractivity contribution in [2.24, 2.45) is 0 Å². The summed E-state index contributed by atoms with van der Waals surface area (Å²) >= 11 is 0. The second-order valence-corrected chi connectivity index (χ2v) is 19.7. The van der Waals surface area contributed by atoms with Crippen molar-refractivity contribution in [3.63, 3.8) is 0 Å². The monoisotopic (exact) mass is 969 g/mol. The lowest BCUT2D eigenvalue weighted by atomic mass is 9.91. The normalized spacial score (nSPS) is 11.9. The fourth-order valence-electron chi connectivity index (χ4n) is 12.1. The molecule has 0 fully saturated rings. The van der Waals surface area contributed by atoms with Gasteiger partial charge in [0.25, 0.3) is 0 Å². The molecule has 0 atom stereocenters. The Morgan fingerprint density at radius 3 is 1.16 bits per heavy atom. The van der Waals surface area contributed by atoms with Crippen LogP contribution in [-0.4, -0.2) is 23.7 Å². The number of furan rings is 1. The lowest BCUT2D eigenvalue weighted by molar-refractivity contribution is 0.667. The van der Waals surface area contributed by atoms with Crippen LogP contribution in [0.4, 0.5) is 0 Å². The van der Waals surface area contributed by atoms with E-state index in [0.29, 0.717) is 11.4 Å². The molecule has 0 aliphatic carbocycles. The number of nitrogens with zero attached hydrogens (tertiary/aromatic N) is 5. The van der Waals surface area contributed by atoms with Crippen molar-refractivity contribution in [2.75, 3.05) is 0 Å². The molecule has 76 heavy (non-hydrogen) atoms. The number of rotatable bonds is 7. The van der Waals surface area contributed by atoms with Gasteiger partial charge in [0.2, 0.25) is 0 Å². The predicted molar refractivity (Wildman–Crippen MR) is 314 cm³/mol. The largest absolute Gasteiger partial charge is 0.452 e. The molecule has 6 nitrogen and oxygen atoms in total. The summed E-state index contributed by atoms with van der Waals surface area (Å²) in [6.45, 7) is 0. The number of hydrogen-bond donors (Lipinski definition) is 0. The highest BCUT2D eigenvalue weighted by Gasteiger charge is 2.26. The number of benzene rings is 11. The molecule has 16 rings (SSSR count). The van der Waals surface area contributed by atoms with Crippen LogP contribution in [0.1, 0.15) is 0 Å². The van der Waals surface area contributed by atoms with Gasteiger partial charge in [0, 0.05) is 71.3 Å². The van der Waals surface area contributed by atoms with E-state index in [1.165, 1.54) is 43.6 Å². The fraction of sp³-hybridized carbons (Fsp3) is 0. The summed E-state index contributed by atoms with van der Waals surface area (Å²) in [5.41, 5.74) is 19.2. The minimum Gasteiger partial charge on any atom is -0.452 e. The Kier molecular flexibility index (Phi) is 9.23. The van der Waals surface area contributed by atoms with Crippen LogP contribution in [0.15, 0.2) is 265 Å². The zero-order chi connectivity index (χ0) is 49.8.